The Morgan fingerprint density at radius 3 is 2.50 bits per heavy atom. The normalized spacial score (nSPS) is 39.3. The summed E-state index contributed by atoms with van der Waals surface area (Å²) in [4.78, 5) is 0. The molecule has 62 valence electrons. The predicted molar refractivity (Wildman–Crippen MR) is 41.4 cm³/mol. The van der Waals surface area contributed by atoms with Gasteiger partial charge in [0, 0.05) is 12.1 Å². The van der Waals surface area contributed by atoms with Gasteiger partial charge >= 0.3 is 0 Å². The van der Waals surface area contributed by atoms with Gasteiger partial charge in [0.1, 0.15) is 0 Å². The highest BCUT2D eigenvalue weighted by Gasteiger charge is 2.32. The van der Waals surface area contributed by atoms with Crippen molar-refractivity contribution in [3.8, 4) is 0 Å². The van der Waals surface area contributed by atoms with Crippen LogP contribution in [0.25, 0.3) is 0 Å². The van der Waals surface area contributed by atoms with E-state index in [0.717, 1.165) is 0 Å². The first-order valence-corrected chi connectivity index (χ1v) is 3.20. The van der Waals surface area contributed by atoms with Crippen LogP contribution in [-0.2, 0) is 0 Å². The molecule has 0 aromatic carbocycles. The van der Waals surface area contributed by atoms with E-state index in [9.17, 15) is 0 Å². The number of aliphatic hydroxyl groups is 2. The molecule has 4 heteroatoms. The monoisotopic (exact) mass is 167 g/mol. The second-order valence-electron chi connectivity index (χ2n) is 2.96. The fraction of sp³-hybridized carbons (Fsp3) is 1.00. The van der Waals surface area contributed by atoms with Crippen LogP contribution < -0.4 is 5.32 Å². The lowest BCUT2D eigenvalue weighted by atomic mass is 10.0. The average molecular weight is 168 g/mol. The van der Waals surface area contributed by atoms with Crippen molar-refractivity contribution in [2.45, 2.75) is 25.0 Å². The molecule has 0 spiro atoms. The van der Waals surface area contributed by atoms with Gasteiger partial charge in [0.25, 0.3) is 0 Å². The molecule has 0 unspecified atom stereocenters. The van der Waals surface area contributed by atoms with Crippen molar-refractivity contribution in [3.63, 3.8) is 0 Å². The molecule has 10 heavy (non-hydrogen) atoms. The van der Waals surface area contributed by atoms with E-state index in [1.165, 1.54) is 0 Å². The average Bonchev–Trinajstić information content (AvgIpc) is 2.13. The number of hydrogen-bond donors (Lipinski definition) is 3. The predicted octanol–water partition coefficient (Wildman–Crippen LogP) is -0.487. The van der Waals surface area contributed by atoms with Crippen LogP contribution in [0.3, 0.4) is 0 Å². The molecule has 3 nitrogen and oxygen atoms in total. The standard InChI is InChI=1S/C6H13NO2.ClH/c1-6(4-8)2-5(9)3-7-6;/h5,7-9H,2-4H2,1H3;1H/t5-,6-;/m0./s1. The van der Waals surface area contributed by atoms with Crippen molar-refractivity contribution in [2.24, 2.45) is 0 Å². The lowest BCUT2D eigenvalue weighted by molar-refractivity contribution is 0.156. The molecule has 1 rings (SSSR count). The van der Waals surface area contributed by atoms with Gasteiger partial charge in [-0.2, -0.15) is 0 Å². The Bertz CT molecular complexity index is 112. The van der Waals surface area contributed by atoms with Gasteiger partial charge in [-0.25, -0.2) is 0 Å². The summed E-state index contributed by atoms with van der Waals surface area (Å²) in [5.41, 5.74) is -0.237. The number of aliphatic hydroxyl groups excluding tert-OH is 2. The highest BCUT2D eigenvalue weighted by atomic mass is 35.5. The minimum absolute atomic E-state index is 0. The lowest BCUT2D eigenvalue weighted by Crippen LogP contribution is -2.39. The largest absolute Gasteiger partial charge is 0.394 e. The Labute approximate surface area is 66.8 Å². The molecular formula is C6H14ClNO2. The first-order valence-electron chi connectivity index (χ1n) is 3.20. The minimum atomic E-state index is -0.276. The van der Waals surface area contributed by atoms with E-state index in [2.05, 4.69) is 5.32 Å². The highest BCUT2D eigenvalue weighted by Crippen LogP contribution is 2.17. The van der Waals surface area contributed by atoms with Crippen LogP contribution in [0.4, 0.5) is 0 Å². The smallest absolute Gasteiger partial charge is 0.0683 e. The summed E-state index contributed by atoms with van der Waals surface area (Å²) in [6.07, 6.45) is 0.380. The van der Waals surface area contributed by atoms with Crippen LogP contribution in [0.1, 0.15) is 13.3 Å². The van der Waals surface area contributed by atoms with Crippen LogP contribution >= 0.6 is 12.4 Å². The van der Waals surface area contributed by atoms with E-state index in [-0.39, 0.29) is 30.7 Å². The molecule has 0 amide bonds. The van der Waals surface area contributed by atoms with Crippen molar-refractivity contribution in [3.05, 3.63) is 0 Å². The second kappa shape index (κ2) is 3.53. The second-order valence-corrected chi connectivity index (χ2v) is 2.96. The summed E-state index contributed by atoms with van der Waals surface area (Å²) in [6, 6.07) is 0. The van der Waals surface area contributed by atoms with Crippen LogP contribution in [0.15, 0.2) is 0 Å². The Morgan fingerprint density at radius 1 is 1.70 bits per heavy atom. The summed E-state index contributed by atoms with van der Waals surface area (Å²) in [6.45, 7) is 2.62. The number of halogens is 1. The van der Waals surface area contributed by atoms with Gasteiger partial charge in [-0.1, -0.05) is 0 Å². The molecule has 0 radical (unpaired) electrons. The number of rotatable bonds is 1. The molecule has 1 saturated heterocycles. The van der Waals surface area contributed by atoms with Crippen molar-refractivity contribution >= 4 is 12.4 Å². The first-order chi connectivity index (χ1) is 4.16. The number of nitrogens with one attached hydrogen (secondary N) is 1. The Morgan fingerprint density at radius 2 is 2.30 bits per heavy atom. The zero-order chi connectivity index (χ0) is 6.91. The van der Waals surface area contributed by atoms with Crippen molar-refractivity contribution in [2.75, 3.05) is 13.2 Å². The first kappa shape index (κ1) is 10.2. The molecule has 0 bridgehead atoms. The molecule has 0 aromatic heterocycles. The Balaban J connectivity index is 0.000000810. The Kier molecular flexibility index (Phi) is 3.59. The lowest BCUT2D eigenvalue weighted by Gasteiger charge is -2.19. The highest BCUT2D eigenvalue weighted by molar-refractivity contribution is 5.85. The summed E-state index contributed by atoms with van der Waals surface area (Å²) in [7, 11) is 0. The molecule has 0 aromatic rings. The third-order valence-electron chi connectivity index (χ3n) is 1.80. The summed E-state index contributed by atoms with van der Waals surface area (Å²) >= 11 is 0. The minimum Gasteiger partial charge on any atom is -0.394 e. The van der Waals surface area contributed by atoms with E-state index in [0.29, 0.717) is 13.0 Å². The Hall–Kier alpha value is 0.170. The van der Waals surface area contributed by atoms with E-state index < -0.39 is 0 Å². The van der Waals surface area contributed by atoms with Crippen molar-refractivity contribution in [1.82, 2.24) is 5.32 Å². The fourth-order valence-electron chi connectivity index (χ4n) is 1.15. The summed E-state index contributed by atoms with van der Waals surface area (Å²) in [5, 5.41) is 20.8. The van der Waals surface area contributed by atoms with Gasteiger partial charge in [0.2, 0.25) is 0 Å². The topological polar surface area (TPSA) is 52.5 Å². The molecule has 2 atom stereocenters. The zero-order valence-corrected chi connectivity index (χ0v) is 6.82. The van der Waals surface area contributed by atoms with E-state index >= 15 is 0 Å². The maximum absolute atomic E-state index is 9.02. The van der Waals surface area contributed by atoms with Gasteiger partial charge in [-0.15, -0.1) is 12.4 Å². The van der Waals surface area contributed by atoms with Crippen LogP contribution in [0, 0.1) is 0 Å². The summed E-state index contributed by atoms with van der Waals surface area (Å²) in [5.74, 6) is 0. The van der Waals surface area contributed by atoms with E-state index in [4.69, 9.17) is 10.2 Å². The zero-order valence-electron chi connectivity index (χ0n) is 6.00. The van der Waals surface area contributed by atoms with Crippen LogP contribution in [-0.4, -0.2) is 35.0 Å². The molecular weight excluding hydrogens is 154 g/mol. The fourth-order valence-corrected chi connectivity index (χ4v) is 1.15. The molecule has 3 N–H and O–H groups in total. The quantitative estimate of drug-likeness (QED) is 0.494. The number of β-amino-alcohol motifs (C(OH)–C–C–N with tert-alkyl or cyclic N) is 1. The molecule has 1 aliphatic heterocycles. The third kappa shape index (κ3) is 2.09. The molecule has 1 aliphatic rings. The third-order valence-corrected chi connectivity index (χ3v) is 1.80. The van der Waals surface area contributed by atoms with Crippen molar-refractivity contribution < 1.29 is 10.2 Å². The SMILES string of the molecule is C[C@@]1(CO)C[C@H](O)CN1.Cl. The maximum atomic E-state index is 9.02. The molecule has 0 saturated carbocycles. The summed E-state index contributed by atoms with van der Waals surface area (Å²) < 4.78 is 0. The van der Waals surface area contributed by atoms with Gasteiger partial charge in [-0.05, 0) is 13.3 Å². The maximum Gasteiger partial charge on any atom is 0.0683 e. The molecule has 1 heterocycles. The van der Waals surface area contributed by atoms with Crippen LogP contribution in [0.2, 0.25) is 0 Å². The van der Waals surface area contributed by atoms with E-state index in [1.807, 2.05) is 6.92 Å². The van der Waals surface area contributed by atoms with Gasteiger partial charge in [0.05, 0.1) is 12.7 Å². The van der Waals surface area contributed by atoms with Gasteiger partial charge in [-0.3, -0.25) is 0 Å². The van der Waals surface area contributed by atoms with Gasteiger partial charge in [0.15, 0.2) is 0 Å². The molecule has 1 fully saturated rings. The molecule has 0 aliphatic carbocycles. The van der Waals surface area contributed by atoms with Crippen molar-refractivity contribution in [1.29, 1.82) is 0 Å². The van der Waals surface area contributed by atoms with Gasteiger partial charge < -0.3 is 15.5 Å². The number of hydrogen-bond acceptors (Lipinski definition) is 3. The van der Waals surface area contributed by atoms with E-state index in [1.54, 1.807) is 0 Å². The van der Waals surface area contributed by atoms with Crippen LogP contribution in [0.5, 0.6) is 0 Å².